The number of benzene rings is 2. The number of fused-ring (bicyclic) bond motifs is 4. The van der Waals surface area contributed by atoms with Gasteiger partial charge in [0.1, 0.15) is 0 Å². The second-order valence-electron chi connectivity index (χ2n) is 7.87. The van der Waals surface area contributed by atoms with Crippen LogP contribution in [0.1, 0.15) is 10.4 Å². The molecule has 4 aromatic rings. The van der Waals surface area contributed by atoms with Crippen molar-refractivity contribution in [2.45, 2.75) is 12.2 Å². The first-order valence-corrected chi connectivity index (χ1v) is 10.2. The number of amides is 1. The van der Waals surface area contributed by atoms with Crippen molar-refractivity contribution >= 4 is 45.6 Å². The molecule has 2 aromatic heterocycles. The Hall–Kier alpha value is -3.04. The number of hydrogen-bond donors (Lipinski definition) is 3. The maximum Gasteiger partial charge on any atom is 0.265 e. The van der Waals surface area contributed by atoms with Crippen molar-refractivity contribution in [3.8, 4) is 0 Å². The molecule has 9 heteroatoms. The third-order valence-corrected chi connectivity index (χ3v) is 5.83. The molecule has 3 heterocycles. The predicted molar refractivity (Wildman–Crippen MR) is 125 cm³/mol. The number of aliphatic hydroxyl groups excluding tert-OH is 2. The Balaban J connectivity index is 0.00000245. The van der Waals surface area contributed by atoms with Gasteiger partial charge in [-0.15, -0.1) is 12.4 Å². The summed E-state index contributed by atoms with van der Waals surface area (Å²) in [6.07, 6.45) is 0.101. The number of rotatable bonds is 4. The molecule has 2 aromatic carbocycles. The van der Waals surface area contributed by atoms with Crippen molar-refractivity contribution < 1.29 is 15.0 Å². The number of hydrogen-bond acceptors (Lipinski definition) is 6. The molecule has 3 N–H and O–H groups in total. The summed E-state index contributed by atoms with van der Waals surface area (Å²) < 4.78 is 1.40. The average molecular weight is 455 g/mol. The van der Waals surface area contributed by atoms with Crippen LogP contribution in [-0.4, -0.2) is 68.8 Å². The predicted octanol–water partition coefficient (Wildman–Crippen LogP) is 1.19. The van der Waals surface area contributed by atoms with Crippen LogP contribution >= 0.6 is 12.4 Å². The van der Waals surface area contributed by atoms with Crippen molar-refractivity contribution in [1.29, 1.82) is 0 Å². The van der Waals surface area contributed by atoms with Crippen molar-refractivity contribution in [3.05, 3.63) is 70.6 Å². The van der Waals surface area contributed by atoms with Gasteiger partial charge in [-0.25, -0.2) is 4.98 Å². The molecule has 5 rings (SSSR count). The molecular weight excluding hydrogens is 432 g/mol. The van der Waals surface area contributed by atoms with Gasteiger partial charge in [-0.3, -0.25) is 18.9 Å². The molecule has 0 spiro atoms. The van der Waals surface area contributed by atoms with E-state index in [1.165, 1.54) is 4.40 Å². The number of carbonyl (C=O) groups excluding carboxylic acids is 1. The number of β-amino-alcohol motifs (C(OH)–C–C–N with tert-alkyl or cyclic N) is 2. The number of aliphatic hydroxyl groups is 2. The molecule has 1 amide bonds. The first-order valence-electron chi connectivity index (χ1n) is 10.2. The summed E-state index contributed by atoms with van der Waals surface area (Å²) in [4.78, 5) is 32.6. The van der Waals surface area contributed by atoms with Crippen LogP contribution in [0, 0.1) is 0 Å². The fourth-order valence-electron chi connectivity index (χ4n) is 4.19. The molecule has 1 saturated heterocycles. The molecule has 0 bridgehead atoms. The molecule has 0 aliphatic carbocycles. The van der Waals surface area contributed by atoms with Gasteiger partial charge in [0.25, 0.3) is 11.5 Å². The van der Waals surface area contributed by atoms with E-state index in [0.29, 0.717) is 48.3 Å². The number of nitrogens with zero attached hydrogens (tertiary/aromatic N) is 3. The van der Waals surface area contributed by atoms with E-state index in [0.717, 1.165) is 10.8 Å². The Morgan fingerprint density at radius 2 is 1.78 bits per heavy atom. The van der Waals surface area contributed by atoms with Gasteiger partial charge >= 0.3 is 0 Å². The summed E-state index contributed by atoms with van der Waals surface area (Å²) in [6.45, 7) is 1.61. The van der Waals surface area contributed by atoms with Crippen molar-refractivity contribution in [1.82, 2.24) is 19.6 Å². The minimum absolute atomic E-state index is 0. The summed E-state index contributed by atoms with van der Waals surface area (Å²) >= 11 is 0. The van der Waals surface area contributed by atoms with E-state index in [1.54, 1.807) is 24.4 Å². The number of aromatic nitrogens is 2. The lowest BCUT2D eigenvalue weighted by molar-refractivity contribution is 0.0572. The monoisotopic (exact) mass is 454 g/mol. The van der Waals surface area contributed by atoms with Gasteiger partial charge in [0.05, 0.1) is 28.7 Å². The van der Waals surface area contributed by atoms with Crippen LogP contribution < -0.4 is 10.9 Å². The Kier molecular flexibility index (Phi) is 6.12. The van der Waals surface area contributed by atoms with Gasteiger partial charge in [-0.1, -0.05) is 30.3 Å². The molecule has 1 fully saturated rings. The van der Waals surface area contributed by atoms with E-state index in [1.807, 2.05) is 35.2 Å². The van der Waals surface area contributed by atoms with E-state index in [-0.39, 0.29) is 23.9 Å². The standard InChI is InChI=1S/C23H22N4O4.ClH/c28-18-12-26(13-19(18)29)11-9-24-22(30)17-6-3-10-27-21(17)25-20-15-5-2-1-4-14(15)7-8-16(20)23(27)31;/h1-8,10,18-19,28-29H,9,11-13H2,(H,24,30);1H/t18-,19-;/m1./s1. The lowest BCUT2D eigenvalue weighted by Gasteiger charge is -2.15. The highest BCUT2D eigenvalue weighted by Gasteiger charge is 2.29. The molecule has 0 saturated carbocycles. The fourth-order valence-corrected chi connectivity index (χ4v) is 4.19. The summed E-state index contributed by atoms with van der Waals surface area (Å²) in [5, 5.41) is 24.5. The van der Waals surface area contributed by atoms with Gasteiger partial charge in [0, 0.05) is 37.8 Å². The number of carbonyl (C=O) groups is 1. The van der Waals surface area contributed by atoms with Gasteiger partial charge in [0.15, 0.2) is 5.65 Å². The van der Waals surface area contributed by atoms with E-state index in [4.69, 9.17) is 4.98 Å². The molecule has 1 aliphatic rings. The zero-order chi connectivity index (χ0) is 21.5. The highest BCUT2D eigenvalue weighted by atomic mass is 35.5. The van der Waals surface area contributed by atoms with Crippen LogP contribution in [0.2, 0.25) is 0 Å². The minimum Gasteiger partial charge on any atom is -0.389 e. The maximum absolute atomic E-state index is 13.1. The number of pyridine rings is 1. The smallest absolute Gasteiger partial charge is 0.265 e. The van der Waals surface area contributed by atoms with Crippen molar-refractivity contribution in [2.24, 2.45) is 0 Å². The summed E-state index contributed by atoms with van der Waals surface area (Å²) in [5.74, 6) is -0.329. The van der Waals surface area contributed by atoms with Crippen LogP contribution in [0.4, 0.5) is 0 Å². The Bertz CT molecular complexity index is 1360. The van der Waals surface area contributed by atoms with Gasteiger partial charge in [-0.2, -0.15) is 0 Å². The van der Waals surface area contributed by atoms with Crippen LogP contribution in [0.25, 0.3) is 27.3 Å². The number of nitrogens with one attached hydrogen (secondary N) is 1. The molecule has 1 aliphatic heterocycles. The Labute approximate surface area is 189 Å². The largest absolute Gasteiger partial charge is 0.389 e. The average Bonchev–Trinajstić information content (AvgIpc) is 3.10. The first kappa shape index (κ1) is 22.2. The molecule has 32 heavy (non-hydrogen) atoms. The lowest BCUT2D eigenvalue weighted by Crippen LogP contribution is -2.35. The quantitative estimate of drug-likeness (QED) is 0.316. The molecular formula is C23H23ClN4O4. The van der Waals surface area contributed by atoms with Gasteiger partial charge in [0.2, 0.25) is 0 Å². The third kappa shape index (κ3) is 3.82. The van der Waals surface area contributed by atoms with Gasteiger partial charge in [-0.05, 0) is 23.6 Å². The summed E-state index contributed by atoms with van der Waals surface area (Å²) in [5.41, 5.74) is 0.973. The topological polar surface area (TPSA) is 107 Å². The van der Waals surface area contributed by atoms with Crippen LogP contribution in [0.15, 0.2) is 59.5 Å². The van der Waals surface area contributed by atoms with E-state index in [2.05, 4.69) is 5.32 Å². The van der Waals surface area contributed by atoms with E-state index in [9.17, 15) is 19.8 Å². The molecule has 8 nitrogen and oxygen atoms in total. The maximum atomic E-state index is 13.1. The lowest BCUT2D eigenvalue weighted by atomic mass is 10.1. The van der Waals surface area contributed by atoms with Crippen LogP contribution in [-0.2, 0) is 0 Å². The van der Waals surface area contributed by atoms with E-state index < -0.39 is 12.2 Å². The summed E-state index contributed by atoms with van der Waals surface area (Å²) in [6, 6.07) is 14.7. The Morgan fingerprint density at radius 3 is 2.56 bits per heavy atom. The molecule has 2 atom stereocenters. The number of halogens is 1. The first-order chi connectivity index (χ1) is 15.0. The summed E-state index contributed by atoms with van der Waals surface area (Å²) in [7, 11) is 0. The highest BCUT2D eigenvalue weighted by Crippen LogP contribution is 2.23. The molecule has 0 radical (unpaired) electrons. The van der Waals surface area contributed by atoms with Crippen LogP contribution in [0.3, 0.4) is 0 Å². The minimum atomic E-state index is -0.757. The van der Waals surface area contributed by atoms with Gasteiger partial charge < -0.3 is 15.5 Å². The van der Waals surface area contributed by atoms with Crippen LogP contribution in [0.5, 0.6) is 0 Å². The highest BCUT2D eigenvalue weighted by molar-refractivity contribution is 6.07. The van der Waals surface area contributed by atoms with E-state index >= 15 is 0 Å². The SMILES string of the molecule is Cl.O=C(NCCN1C[C@@H](O)[C@H](O)C1)c1cccn2c(=O)c3ccc4ccccc4c3nc12. The fraction of sp³-hybridized carbons (Fsp3) is 0.261. The number of likely N-dealkylation sites (tertiary alicyclic amines) is 1. The molecule has 166 valence electrons. The molecule has 0 unspecified atom stereocenters. The zero-order valence-electron chi connectivity index (χ0n) is 17.1. The zero-order valence-corrected chi connectivity index (χ0v) is 18.0. The van der Waals surface area contributed by atoms with Crippen molar-refractivity contribution in [3.63, 3.8) is 0 Å². The van der Waals surface area contributed by atoms with Crippen molar-refractivity contribution in [2.75, 3.05) is 26.2 Å². The third-order valence-electron chi connectivity index (χ3n) is 5.83. The second-order valence-corrected chi connectivity index (χ2v) is 7.87. The second kappa shape index (κ2) is 8.84. The normalized spacial score (nSPS) is 18.8. The Morgan fingerprint density at radius 1 is 1.03 bits per heavy atom.